The molecule has 1 aromatic rings. The molecule has 1 saturated carbocycles. The van der Waals surface area contributed by atoms with E-state index < -0.39 is 5.97 Å². The highest BCUT2D eigenvalue weighted by Crippen LogP contribution is 2.49. The molecule has 0 aliphatic heterocycles. The van der Waals surface area contributed by atoms with Gasteiger partial charge in [-0.15, -0.1) is 0 Å². The van der Waals surface area contributed by atoms with Gasteiger partial charge in [0, 0.05) is 0 Å². The molecular formula is C12H14O3. The maximum absolute atomic E-state index is 10.8. The first-order valence-corrected chi connectivity index (χ1v) is 5.01. The van der Waals surface area contributed by atoms with Crippen LogP contribution < -0.4 is 4.74 Å². The van der Waals surface area contributed by atoms with Gasteiger partial charge in [-0.2, -0.15) is 0 Å². The summed E-state index contributed by atoms with van der Waals surface area (Å²) in [5, 5.41) is 8.87. The summed E-state index contributed by atoms with van der Waals surface area (Å²) in [5.74, 6) is 0.124. The quantitative estimate of drug-likeness (QED) is 0.824. The fourth-order valence-corrected chi connectivity index (χ4v) is 2.07. The summed E-state index contributed by atoms with van der Waals surface area (Å²) < 4.78 is 5.21. The second-order valence-corrected chi connectivity index (χ2v) is 3.96. The molecule has 0 unspecified atom stereocenters. The van der Waals surface area contributed by atoms with Crippen molar-refractivity contribution in [1.82, 2.24) is 0 Å². The van der Waals surface area contributed by atoms with Gasteiger partial charge in [0.2, 0.25) is 0 Å². The Labute approximate surface area is 88.7 Å². The van der Waals surface area contributed by atoms with Crippen molar-refractivity contribution in [2.45, 2.75) is 19.3 Å². The number of carbonyl (C=O) groups is 1. The standard InChI is InChI=1S/C12H14O3/c1-7-8(4-3-5-11(7)15-2)9-6-10(9)12(13)14/h3-5,9-10H,6H2,1-2H3,(H,13,14)/t9-,10+/m0/s1. The van der Waals surface area contributed by atoms with Gasteiger partial charge in [-0.3, -0.25) is 4.79 Å². The molecule has 15 heavy (non-hydrogen) atoms. The molecule has 1 fully saturated rings. The first-order valence-electron chi connectivity index (χ1n) is 5.01. The van der Waals surface area contributed by atoms with Crippen molar-refractivity contribution in [2.75, 3.05) is 7.11 Å². The van der Waals surface area contributed by atoms with Crippen molar-refractivity contribution in [3.05, 3.63) is 29.3 Å². The molecule has 0 heterocycles. The zero-order valence-electron chi connectivity index (χ0n) is 8.86. The molecule has 80 valence electrons. The van der Waals surface area contributed by atoms with Crippen molar-refractivity contribution in [3.8, 4) is 5.75 Å². The third kappa shape index (κ3) is 1.69. The maximum atomic E-state index is 10.8. The first kappa shape index (κ1) is 10.0. The number of carboxylic acids is 1. The molecule has 0 spiro atoms. The van der Waals surface area contributed by atoms with Crippen molar-refractivity contribution < 1.29 is 14.6 Å². The minimum Gasteiger partial charge on any atom is -0.496 e. The van der Waals surface area contributed by atoms with Crippen LogP contribution in [0.4, 0.5) is 0 Å². The lowest BCUT2D eigenvalue weighted by Crippen LogP contribution is -2.00. The van der Waals surface area contributed by atoms with Crippen molar-refractivity contribution in [1.29, 1.82) is 0 Å². The largest absolute Gasteiger partial charge is 0.496 e. The lowest BCUT2D eigenvalue weighted by molar-refractivity contribution is -0.138. The number of hydrogen-bond donors (Lipinski definition) is 1. The lowest BCUT2D eigenvalue weighted by atomic mass is 10.0. The Balaban J connectivity index is 2.27. The normalized spacial score (nSPS) is 23.6. The van der Waals surface area contributed by atoms with Gasteiger partial charge >= 0.3 is 5.97 Å². The van der Waals surface area contributed by atoms with Gasteiger partial charge in [-0.05, 0) is 36.5 Å². The molecular weight excluding hydrogens is 192 g/mol. The van der Waals surface area contributed by atoms with Crippen LogP contribution in [0.15, 0.2) is 18.2 Å². The van der Waals surface area contributed by atoms with E-state index in [0.717, 1.165) is 23.3 Å². The number of methoxy groups -OCH3 is 1. The van der Waals surface area contributed by atoms with E-state index in [-0.39, 0.29) is 11.8 Å². The Hall–Kier alpha value is -1.51. The Morgan fingerprint density at radius 2 is 2.27 bits per heavy atom. The summed E-state index contributed by atoms with van der Waals surface area (Å²) in [7, 11) is 1.63. The van der Waals surface area contributed by atoms with Crippen molar-refractivity contribution in [2.24, 2.45) is 5.92 Å². The summed E-state index contributed by atoms with van der Waals surface area (Å²) in [6.45, 7) is 1.98. The van der Waals surface area contributed by atoms with Crippen molar-refractivity contribution in [3.63, 3.8) is 0 Å². The van der Waals surface area contributed by atoms with Gasteiger partial charge < -0.3 is 9.84 Å². The fraction of sp³-hybridized carbons (Fsp3) is 0.417. The zero-order valence-corrected chi connectivity index (χ0v) is 8.86. The average molecular weight is 206 g/mol. The third-order valence-electron chi connectivity index (χ3n) is 3.05. The minimum absolute atomic E-state index is 0.178. The summed E-state index contributed by atoms with van der Waals surface area (Å²) in [5.41, 5.74) is 2.18. The Morgan fingerprint density at radius 1 is 1.53 bits per heavy atom. The number of hydrogen-bond acceptors (Lipinski definition) is 2. The van der Waals surface area contributed by atoms with Gasteiger partial charge in [0.05, 0.1) is 13.0 Å². The molecule has 2 atom stereocenters. The van der Waals surface area contributed by atoms with Crippen LogP contribution >= 0.6 is 0 Å². The Bertz CT molecular complexity index is 398. The first-order chi connectivity index (χ1) is 7.15. The predicted molar refractivity (Wildman–Crippen MR) is 56.2 cm³/mol. The van der Waals surface area contributed by atoms with Crippen LogP contribution in [0.1, 0.15) is 23.5 Å². The Morgan fingerprint density at radius 3 is 2.80 bits per heavy atom. The van der Waals surface area contributed by atoms with Gasteiger partial charge in [0.25, 0.3) is 0 Å². The van der Waals surface area contributed by atoms with E-state index in [9.17, 15) is 4.79 Å². The molecule has 1 aliphatic carbocycles. The van der Waals surface area contributed by atoms with Crippen LogP contribution in [0, 0.1) is 12.8 Å². The molecule has 1 aliphatic rings. The van der Waals surface area contributed by atoms with Gasteiger partial charge in [-0.1, -0.05) is 12.1 Å². The van der Waals surface area contributed by atoms with Gasteiger partial charge in [0.1, 0.15) is 5.75 Å². The molecule has 3 nitrogen and oxygen atoms in total. The van der Waals surface area contributed by atoms with Crippen LogP contribution in [-0.4, -0.2) is 18.2 Å². The number of benzene rings is 1. The number of ether oxygens (including phenoxy) is 1. The van der Waals surface area contributed by atoms with E-state index in [1.807, 2.05) is 25.1 Å². The third-order valence-corrected chi connectivity index (χ3v) is 3.05. The van der Waals surface area contributed by atoms with Crippen LogP contribution in [-0.2, 0) is 4.79 Å². The van der Waals surface area contributed by atoms with E-state index in [4.69, 9.17) is 9.84 Å². The van der Waals surface area contributed by atoms with Gasteiger partial charge in [-0.25, -0.2) is 0 Å². The monoisotopic (exact) mass is 206 g/mol. The summed E-state index contributed by atoms with van der Waals surface area (Å²) >= 11 is 0. The summed E-state index contributed by atoms with van der Waals surface area (Å²) in [6, 6.07) is 5.81. The maximum Gasteiger partial charge on any atom is 0.307 e. The molecule has 0 saturated heterocycles. The summed E-state index contributed by atoms with van der Waals surface area (Å²) in [4.78, 5) is 10.8. The molecule has 0 radical (unpaired) electrons. The Kier molecular flexibility index (Phi) is 2.39. The van der Waals surface area contributed by atoms with Crippen LogP contribution in [0.5, 0.6) is 5.75 Å². The molecule has 1 N–H and O–H groups in total. The molecule has 0 bridgehead atoms. The minimum atomic E-state index is -0.692. The molecule has 0 amide bonds. The molecule has 0 aromatic heterocycles. The van der Waals surface area contributed by atoms with E-state index in [2.05, 4.69) is 0 Å². The summed E-state index contributed by atoms with van der Waals surface area (Å²) in [6.07, 6.45) is 0.753. The predicted octanol–water partition coefficient (Wildman–Crippen LogP) is 2.19. The number of aliphatic carboxylic acids is 1. The highest BCUT2D eigenvalue weighted by Gasteiger charge is 2.44. The average Bonchev–Trinajstić information content (AvgIpc) is 2.98. The van der Waals surface area contributed by atoms with E-state index in [0.29, 0.717) is 0 Å². The van der Waals surface area contributed by atoms with E-state index >= 15 is 0 Å². The topological polar surface area (TPSA) is 46.5 Å². The number of carboxylic acid groups (broad SMARTS) is 1. The van der Waals surface area contributed by atoms with Crippen LogP contribution in [0.25, 0.3) is 0 Å². The van der Waals surface area contributed by atoms with Crippen LogP contribution in [0.2, 0.25) is 0 Å². The van der Waals surface area contributed by atoms with Crippen LogP contribution in [0.3, 0.4) is 0 Å². The van der Waals surface area contributed by atoms with Crippen molar-refractivity contribution >= 4 is 5.97 Å². The highest BCUT2D eigenvalue weighted by molar-refractivity contribution is 5.75. The zero-order chi connectivity index (χ0) is 11.0. The van der Waals surface area contributed by atoms with E-state index in [1.54, 1.807) is 7.11 Å². The highest BCUT2D eigenvalue weighted by atomic mass is 16.5. The molecule has 2 rings (SSSR count). The van der Waals surface area contributed by atoms with Gasteiger partial charge in [0.15, 0.2) is 0 Å². The molecule has 1 aromatic carbocycles. The second-order valence-electron chi connectivity index (χ2n) is 3.96. The molecule has 3 heteroatoms. The SMILES string of the molecule is COc1cccc([C@@H]2C[C@H]2C(=O)O)c1C. The second kappa shape index (κ2) is 3.57. The van der Waals surface area contributed by atoms with E-state index in [1.165, 1.54) is 0 Å². The smallest absolute Gasteiger partial charge is 0.307 e. The number of rotatable bonds is 3. The lowest BCUT2D eigenvalue weighted by Gasteiger charge is -2.09. The fourth-order valence-electron chi connectivity index (χ4n) is 2.07.